The molecular weight excluding hydrogens is 382 g/mol. The second-order valence-electron chi connectivity index (χ2n) is 8.80. The number of hydrogen-bond acceptors (Lipinski definition) is 4. The Kier molecular flexibility index (Phi) is 7.33. The summed E-state index contributed by atoms with van der Waals surface area (Å²) in [5.74, 6) is 0.982. The third-order valence-electron chi connectivity index (χ3n) is 6.61. The summed E-state index contributed by atoms with van der Waals surface area (Å²) in [7, 11) is 0. The molecule has 1 atom stereocenters. The van der Waals surface area contributed by atoms with Gasteiger partial charge in [-0.3, -0.25) is 4.68 Å². The van der Waals surface area contributed by atoms with Crippen LogP contribution >= 0.6 is 11.6 Å². The summed E-state index contributed by atoms with van der Waals surface area (Å²) in [6.07, 6.45) is 9.08. The Hall–Kier alpha value is -1.30. The van der Waals surface area contributed by atoms with Gasteiger partial charge < -0.3 is 15.1 Å². The molecule has 0 spiro atoms. The van der Waals surface area contributed by atoms with E-state index in [1.807, 2.05) is 6.07 Å². The first-order chi connectivity index (χ1) is 14.2. The van der Waals surface area contributed by atoms with Gasteiger partial charge in [-0.1, -0.05) is 18.0 Å². The van der Waals surface area contributed by atoms with Crippen LogP contribution in [0.3, 0.4) is 0 Å². The summed E-state index contributed by atoms with van der Waals surface area (Å²) < 4.78 is 2.16. The third-order valence-corrected chi connectivity index (χ3v) is 6.85. The SMILES string of the molecule is CC1CCCCN1CCCNc1nn(CCCN2CCCC2)c2ccc(Cl)cc12. The number of rotatable bonds is 9. The minimum atomic E-state index is 0.734. The summed E-state index contributed by atoms with van der Waals surface area (Å²) in [5.41, 5.74) is 1.18. The molecule has 2 saturated heterocycles. The Labute approximate surface area is 180 Å². The van der Waals surface area contributed by atoms with Crippen LogP contribution in [0.4, 0.5) is 5.82 Å². The van der Waals surface area contributed by atoms with E-state index in [0.717, 1.165) is 48.2 Å². The first kappa shape index (κ1) is 21.0. The summed E-state index contributed by atoms with van der Waals surface area (Å²) in [6, 6.07) is 6.87. The molecule has 2 aromatic rings. The van der Waals surface area contributed by atoms with Crippen molar-refractivity contribution in [1.82, 2.24) is 19.6 Å². The van der Waals surface area contributed by atoms with Gasteiger partial charge in [0.05, 0.1) is 5.52 Å². The average molecular weight is 418 g/mol. The number of halogens is 1. The van der Waals surface area contributed by atoms with Gasteiger partial charge in [0.1, 0.15) is 0 Å². The van der Waals surface area contributed by atoms with E-state index in [-0.39, 0.29) is 0 Å². The van der Waals surface area contributed by atoms with Crippen LogP contribution in [-0.2, 0) is 6.54 Å². The molecule has 1 aromatic heterocycles. The molecule has 6 heteroatoms. The molecule has 1 unspecified atom stereocenters. The minimum absolute atomic E-state index is 0.734. The zero-order valence-electron chi connectivity index (χ0n) is 17.9. The van der Waals surface area contributed by atoms with Gasteiger partial charge in [-0.15, -0.1) is 0 Å². The van der Waals surface area contributed by atoms with Gasteiger partial charge in [0.15, 0.2) is 5.82 Å². The molecule has 4 rings (SSSR count). The summed E-state index contributed by atoms with van der Waals surface area (Å²) >= 11 is 6.29. The van der Waals surface area contributed by atoms with E-state index in [4.69, 9.17) is 16.7 Å². The maximum absolute atomic E-state index is 6.29. The van der Waals surface area contributed by atoms with E-state index in [1.54, 1.807) is 0 Å². The first-order valence-corrected chi connectivity index (χ1v) is 11.9. The maximum atomic E-state index is 6.29. The fraction of sp³-hybridized carbons (Fsp3) is 0.696. The highest BCUT2D eigenvalue weighted by Crippen LogP contribution is 2.27. The van der Waals surface area contributed by atoms with Crippen molar-refractivity contribution in [2.24, 2.45) is 0 Å². The Morgan fingerprint density at radius 3 is 2.69 bits per heavy atom. The second-order valence-corrected chi connectivity index (χ2v) is 9.23. The molecule has 0 saturated carbocycles. The highest BCUT2D eigenvalue weighted by atomic mass is 35.5. The Morgan fingerprint density at radius 2 is 1.86 bits per heavy atom. The lowest BCUT2D eigenvalue weighted by atomic mass is 10.0. The van der Waals surface area contributed by atoms with Gasteiger partial charge in [-0.25, -0.2) is 0 Å². The molecule has 160 valence electrons. The molecule has 3 heterocycles. The van der Waals surface area contributed by atoms with Crippen LogP contribution in [0.2, 0.25) is 5.02 Å². The molecule has 29 heavy (non-hydrogen) atoms. The van der Waals surface area contributed by atoms with Crippen molar-refractivity contribution < 1.29 is 0 Å². The Bertz CT molecular complexity index is 783. The molecule has 2 fully saturated rings. The van der Waals surface area contributed by atoms with Gasteiger partial charge in [-0.05, 0) is 89.8 Å². The maximum Gasteiger partial charge on any atom is 0.156 e. The van der Waals surface area contributed by atoms with Crippen LogP contribution in [0, 0.1) is 0 Å². The number of piperidine rings is 1. The van der Waals surface area contributed by atoms with E-state index < -0.39 is 0 Å². The third kappa shape index (κ3) is 5.44. The van der Waals surface area contributed by atoms with E-state index >= 15 is 0 Å². The molecule has 2 aliphatic heterocycles. The van der Waals surface area contributed by atoms with Crippen molar-refractivity contribution >= 4 is 28.3 Å². The molecular formula is C23H36ClN5. The summed E-state index contributed by atoms with van der Waals surface area (Å²) in [5, 5.41) is 10.4. The lowest BCUT2D eigenvalue weighted by Crippen LogP contribution is -2.38. The van der Waals surface area contributed by atoms with Crippen molar-refractivity contribution in [3.05, 3.63) is 23.2 Å². The molecule has 5 nitrogen and oxygen atoms in total. The van der Waals surface area contributed by atoms with Gasteiger partial charge in [0.2, 0.25) is 0 Å². The van der Waals surface area contributed by atoms with Gasteiger partial charge in [-0.2, -0.15) is 5.10 Å². The predicted molar refractivity (Wildman–Crippen MR) is 123 cm³/mol. The highest BCUT2D eigenvalue weighted by molar-refractivity contribution is 6.31. The standard InChI is InChI=1S/C23H36ClN5/c1-19-8-2-3-15-28(19)16-6-11-25-23-21-18-20(24)9-10-22(21)29(26-23)17-7-14-27-12-4-5-13-27/h9-10,18-19H,2-8,11-17H2,1H3,(H,25,26). The number of aryl methyl sites for hydroxylation is 1. The minimum Gasteiger partial charge on any atom is -0.368 e. The number of anilines is 1. The molecule has 1 aromatic carbocycles. The largest absolute Gasteiger partial charge is 0.368 e. The molecule has 0 bridgehead atoms. The van der Waals surface area contributed by atoms with Crippen molar-refractivity contribution in [1.29, 1.82) is 0 Å². The fourth-order valence-corrected chi connectivity index (χ4v) is 5.05. The van der Waals surface area contributed by atoms with Gasteiger partial charge in [0, 0.05) is 36.1 Å². The first-order valence-electron chi connectivity index (χ1n) is 11.6. The number of nitrogens with one attached hydrogen (secondary N) is 1. The molecule has 0 amide bonds. The van der Waals surface area contributed by atoms with Crippen molar-refractivity contribution in [3.8, 4) is 0 Å². The average Bonchev–Trinajstić information content (AvgIpc) is 3.35. The number of aromatic nitrogens is 2. The van der Waals surface area contributed by atoms with Crippen molar-refractivity contribution in [2.75, 3.05) is 44.6 Å². The van der Waals surface area contributed by atoms with Gasteiger partial charge >= 0.3 is 0 Å². The fourth-order valence-electron chi connectivity index (χ4n) is 4.88. The molecule has 0 aliphatic carbocycles. The van der Waals surface area contributed by atoms with Crippen molar-refractivity contribution in [2.45, 2.75) is 64.5 Å². The van der Waals surface area contributed by atoms with Crippen LogP contribution in [0.1, 0.15) is 51.9 Å². The van der Waals surface area contributed by atoms with E-state index in [0.29, 0.717) is 0 Å². The Morgan fingerprint density at radius 1 is 1.03 bits per heavy atom. The molecule has 1 N–H and O–H groups in total. The van der Waals surface area contributed by atoms with Crippen LogP contribution in [-0.4, -0.2) is 64.9 Å². The monoisotopic (exact) mass is 417 g/mol. The van der Waals surface area contributed by atoms with Crippen LogP contribution in [0.15, 0.2) is 18.2 Å². The summed E-state index contributed by atoms with van der Waals surface area (Å²) in [6.45, 7) is 10.4. The zero-order valence-corrected chi connectivity index (χ0v) is 18.6. The van der Waals surface area contributed by atoms with Crippen molar-refractivity contribution in [3.63, 3.8) is 0 Å². The lowest BCUT2D eigenvalue weighted by Gasteiger charge is -2.33. The van der Waals surface area contributed by atoms with E-state index in [9.17, 15) is 0 Å². The number of hydrogen-bond donors (Lipinski definition) is 1. The molecule has 2 aliphatic rings. The predicted octanol–water partition coefficient (Wildman–Crippen LogP) is 4.85. The number of nitrogens with zero attached hydrogens (tertiary/aromatic N) is 4. The smallest absolute Gasteiger partial charge is 0.156 e. The number of benzene rings is 1. The summed E-state index contributed by atoms with van der Waals surface area (Å²) in [4.78, 5) is 5.21. The Balaban J connectivity index is 1.34. The van der Waals surface area contributed by atoms with E-state index in [1.165, 1.54) is 70.3 Å². The zero-order chi connectivity index (χ0) is 20.1. The van der Waals surface area contributed by atoms with Gasteiger partial charge in [0.25, 0.3) is 0 Å². The quantitative estimate of drug-likeness (QED) is 0.591. The normalized spacial score (nSPS) is 21.2. The highest BCUT2D eigenvalue weighted by Gasteiger charge is 2.17. The molecule has 0 radical (unpaired) electrons. The van der Waals surface area contributed by atoms with E-state index in [2.05, 4.69) is 38.9 Å². The number of fused-ring (bicyclic) bond motifs is 1. The van der Waals surface area contributed by atoms with Crippen LogP contribution in [0.25, 0.3) is 10.9 Å². The number of likely N-dealkylation sites (tertiary alicyclic amines) is 2. The van der Waals surface area contributed by atoms with Crippen LogP contribution in [0.5, 0.6) is 0 Å². The lowest BCUT2D eigenvalue weighted by molar-refractivity contribution is 0.160. The topological polar surface area (TPSA) is 36.3 Å². The second kappa shape index (κ2) is 10.1. The van der Waals surface area contributed by atoms with Crippen LogP contribution < -0.4 is 5.32 Å².